The molecule has 82 valence electrons. The molecule has 0 aromatic carbocycles. The molecule has 0 aromatic heterocycles. The first-order valence-electron chi connectivity index (χ1n) is 4.81. The molecule has 0 spiro atoms. The molecule has 4 heteroatoms. The summed E-state index contributed by atoms with van der Waals surface area (Å²) in [5, 5.41) is 0. The summed E-state index contributed by atoms with van der Waals surface area (Å²) in [5.74, 6) is 7.66. The van der Waals surface area contributed by atoms with Crippen molar-refractivity contribution in [1.82, 2.24) is 0 Å². The Kier molecular flexibility index (Phi) is 7.00. The van der Waals surface area contributed by atoms with Gasteiger partial charge >= 0.3 is 0 Å². The molecule has 14 heavy (non-hydrogen) atoms. The summed E-state index contributed by atoms with van der Waals surface area (Å²) in [6.07, 6.45) is 1.98. The maximum absolute atomic E-state index is 3.71. The Morgan fingerprint density at radius 3 is 2.57 bits per heavy atom. The second kappa shape index (κ2) is 7.42. The zero-order valence-corrected chi connectivity index (χ0v) is 11.9. The quantitative estimate of drug-likeness (QED) is 0.353. The molecule has 0 aliphatic carbocycles. The average molecular weight is 267 g/mol. The zero-order valence-electron chi connectivity index (χ0n) is 8.66. The average Bonchev–Trinajstić information content (AvgIpc) is 2.89. The second-order valence-electron chi connectivity index (χ2n) is 3.25. The maximum atomic E-state index is 3.71. The largest absolute Gasteiger partial charge is 0.160 e. The summed E-state index contributed by atoms with van der Waals surface area (Å²) < 4.78 is 0.595. The molecular weight excluding hydrogens is 248 g/mol. The summed E-state index contributed by atoms with van der Waals surface area (Å²) in [5.41, 5.74) is 0. The van der Waals surface area contributed by atoms with Crippen LogP contribution in [0.25, 0.3) is 0 Å². The molecule has 1 heterocycles. The van der Waals surface area contributed by atoms with Crippen molar-refractivity contribution in [3.63, 3.8) is 0 Å². The van der Waals surface area contributed by atoms with Crippen molar-refractivity contribution in [3.05, 3.63) is 12.7 Å². The molecule has 0 nitrogen and oxygen atoms in total. The first-order chi connectivity index (χ1) is 6.77. The highest BCUT2D eigenvalue weighted by Crippen LogP contribution is 2.53. The number of hydrogen-bond acceptors (Lipinski definition) is 4. The van der Waals surface area contributed by atoms with Gasteiger partial charge in [0.05, 0.1) is 4.08 Å². The third-order valence-corrected chi connectivity index (χ3v) is 7.44. The maximum Gasteiger partial charge on any atom is 0.0674 e. The Morgan fingerprint density at radius 2 is 1.93 bits per heavy atom. The van der Waals surface area contributed by atoms with E-state index in [1.165, 1.54) is 28.8 Å². The molecule has 1 unspecified atom stereocenters. The zero-order chi connectivity index (χ0) is 10.3. The molecule has 0 aromatic rings. The summed E-state index contributed by atoms with van der Waals surface area (Å²) >= 11 is 8.28. The van der Waals surface area contributed by atoms with Gasteiger partial charge in [-0.15, -0.1) is 30.1 Å². The Morgan fingerprint density at radius 1 is 1.29 bits per heavy atom. The van der Waals surface area contributed by atoms with Gasteiger partial charge in [-0.2, -0.15) is 23.5 Å². The van der Waals surface area contributed by atoms with E-state index >= 15 is 0 Å². The predicted octanol–water partition coefficient (Wildman–Crippen LogP) is 3.84. The van der Waals surface area contributed by atoms with E-state index in [1.54, 1.807) is 0 Å². The molecule has 0 saturated carbocycles. The van der Waals surface area contributed by atoms with E-state index in [4.69, 9.17) is 0 Å². The van der Waals surface area contributed by atoms with Crippen LogP contribution in [0.4, 0.5) is 0 Å². The summed E-state index contributed by atoms with van der Waals surface area (Å²) in [7, 11) is 0. The number of hydrogen-bond donors (Lipinski definition) is 0. The Labute approximate surface area is 105 Å². The van der Waals surface area contributed by atoms with Crippen molar-refractivity contribution in [2.24, 2.45) is 0 Å². The van der Waals surface area contributed by atoms with Gasteiger partial charge in [-0.25, -0.2) is 0 Å². The molecule has 1 saturated heterocycles. The molecule has 0 radical (unpaired) electrons. The van der Waals surface area contributed by atoms with Gasteiger partial charge in [0.25, 0.3) is 0 Å². The van der Waals surface area contributed by atoms with Crippen molar-refractivity contribution in [3.8, 4) is 0 Å². The molecule has 1 aliphatic heterocycles. The normalized spacial score (nSPS) is 24.9. The first kappa shape index (κ1) is 13.2. The molecule has 1 aliphatic rings. The van der Waals surface area contributed by atoms with Crippen LogP contribution in [-0.2, 0) is 0 Å². The minimum atomic E-state index is 0.595. The Hall–Kier alpha value is 1.14. The van der Waals surface area contributed by atoms with Crippen LogP contribution >= 0.6 is 47.0 Å². The lowest BCUT2D eigenvalue weighted by Gasteiger charge is -2.05. The van der Waals surface area contributed by atoms with E-state index in [0.29, 0.717) is 4.08 Å². The predicted molar refractivity (Wildman–Crippen MR) is 78.2 cm³/mol. The van der Waals surface area contributed by atoms with Gasteiger partial charge in [-0.3, -0.25) is 0 Å². The van der Waals surface area contributed by atoms with E-state index in [0.717, 1.165) is 5.75 Å². The van der Waals surface area contributed by atoms with E-state index in [9.17, 15) is 0 Å². The van der Waals surface area contributed by atoms with Crippen LogP contribution in [0.5, 0.6) is 0 Å². The van der Waals surface area contributed by atoms with Gasteiger partial charge in [0.2, 0.25) is 0 Å². The van der Waals surface area contributed by atoms with Crippen molar-refractivity contribution in [1.29, 1.82) is 0 Å². The third-order valence-electron chi connectivity index (χ3n) is 1.79. The molecule has 1 atom stereocenters. The van der Waals surface area contributed by atoms with Gasteiger partial charge < -0.3 is 0 Å². The Balaban J connectivity index is 1.73. The standard InChI is InChI=1S/C10H18S4/c1-3-4-11-5-6-12-7-8-13-10(2)9-14-10/h3H,1,4-9H2,2H3. The Bertz CT molecular complexity index is 166. The fourth-order valence-electron chi connectivity index (χ4n) is 0.888. The fraction of sp³-hybridized carbons (Fsp3) is 0.800. The van der Waals surface area contributed by atoms with Gasteiger partial charge in [-0.1, -0.05) is 6.08 Å². The SMILES string of the molecule is C=CCSCCSCCSC1(C)CS1. The van der Waals surface area contributed by atoms with Crippen molar-refractivity contribution >= 4 is 47.0 Å². The van der Waals surface area contributed by atoms with Crippen LogP contribution in [0.3, 0.4) is 0 Å². The van der Waals surface area contributed by atoms with Crippen molar-refractivity contribution < 1.29 is 0 Å². The third kappa shape index (κ3) is 6.59. The highest BCUT2D eigenvalue weighted by molar-refractivity contribution is 8.24. The molecular formula is C10H18S4. The van der Waals surface area contributed by atoms with E-state index < -0.39 is 0 Å². The smallest absolute Gasteiger partial charge is 0.0674 e. The minimum Gasteiger partial charge on any atom is -0.160 e. The summed E-state index contributed by atoms with van der Waals surface area (Å²) in [4.78, 5) is 0. The van der Waals surface area contributed by atoms with Crippen LogP contribution in [0.1, 0.15) is 6.92 Å². The lowest BCUT2D eigenvalue weighted by atomic mass is 10.6. The van der Waals surface area contributed by atoms with Crippen LogP contribution in [0.15, 0.2) is 12.7 Å². The van der Waals surface area contributed by atoms with Gasteiger partial charge in [0.1, 0.15) is 0 Å². The monoisotopic (exact) mass is 266 g/mol. The lowest BCUT2D eigenvalue weighted by Crippen LogP contribution is -1.98. The number of rotatable bonds is 9. The fourth-order valence-corrected chi connectivity index (χ4v) is 4.90. The van der Waals surface area contributed by atoms with Crippen molar-refractivity contribution in [2.75, 3.05) is 34.5 Å². The molecule has 0 amide bonds. The molecule has 1 fully saturated rings. The highest BCUT2D eigenvalue weighted by Gasteiger charge is 2.38. The van der Waals surface area contributed by atoms with Crippen LogP contribution < -0.4 is 0 Å². The molecule has 1 rings (SSSR count). The second-order valence-corrected chi connectivity index (χ2v) is 8.96. The van der Waals surface area contributed by atoms with Crippen molar-refractivity contribution in [2.45, 2.75) is 11.0 Å². The van der Waals surface area contributed by atoms with E-state index in [-0.39, 0.29) is 0 Å². The first-order valence-corrected chi connectivity index (χ1v) is 9.09. The summed E-state index contributed by atoms with van der Waals surface area (Å²) in [6.45, 7) is 6.06. The highest BCUT2D eigenvalue weighted by atomic mass is 32.2. The minimum absolute atomic E-state index is 0.595. The van der Waals surface area contributed by atoms with Crippen LogP contribution in [-0.4, -0.2) is 38.6 Å². The van der Waals surface area contributed by atoms with E-state index in [2.05, 4.69) is 48.8 Å². The number of thioether (sulfide) groups is 4. The van der Waals surface area contributed by atoms with Crippen LogP contribution in [0, 0.1) is 0 Å². The molecule has 0 N–H and O–H groups in total. The van der Waals surface area contributed by atoms with Gasteiger partial charge in [0, 0.05) is 34.5 Å². The lowest BCUT2D eigenvalue weighted by molar-refractivity contribution is 1.15. The molecule has 0 bridgehead atoms. The summed E-state index contributed by atoms with van der Waals surface area (Å²) in [6, 6.07) is 0. The van der Waals surface area contributed by atoms with E-state index in [1.807, 2.05) is 17.8 Å². The van der Waals surface area contributed by atoms with Gasteiger partial charge in [0.15, 0.2) is 0 Å². The van der Waals surface area contributed by atoms with Crippen LogP contribution in [0.2, 0.25) is 0 Å². The topological polar surface area (TPSA) is 0 Å². The van der Waals surface area contributed by atoms with Gasteiger partial charge in [-0.05, 0) is 6.92 Å².